The molecule has 1 aliphatic carbocycles. The predicted molar refractivity (Wildman–Crippen MR) is 138 cm³/mol. The number of imidazole rings is 1. The van der Waals surface area contributed by atoms with Crippen LogP contribution in [0.2, 0.25) is 0 Å². The number of carbonyl (C=O) groups excluding carboxylic acids is 2. The first-order valence-electron chi connectivity index (χ1n) is 13.9. The lowest BCUT2D eigenvalue weighted by Gasteiger charge is -2.33. The molecule has 0 radical (unpaired) electrons. The lowest BCUT2D eigenvalue weighted by atomic mass is 9.81. The molecule has 3 atom stereocenters. The molecule has 5 rings (SSSR count). The number of aliphatic hydroxyl groups is 1. The van der Waals surface area contributed by atoms with E-state index in [0.29, 0.717) is 23.5 Å². The van der Waals surface area contributed by atoms with Gasteiger partial charge in [0.25, 0.3) is 5.91 Å². The molecule has 2 fully saturated rings. The summed E-state index contributed by atoms with van der Waals surface area (Å²) in [5.41, 5.74) is 1.49. The Kier molecular flexibility index (Phi) is 8.23. The van der Waals surface area contributed by atoms with Crippen LogP contribution in [0.4, 0.5) is 22.0 Å². The molecule has 4 heterocycles. The summed E-state index contributed by atoms with van der Waals surface area (Å²) in [5, 5.41) is 23.9. The number of piperidine rings is 1. The van der Waals surface area contributed by atoms with Crippen molar-refractivity contribution in [2.45, 2.75) is 76.7 Å². The molecule has 3 N–H and O–H groups in total. The second-order valence-corrected chi connectivity index (χ2v) is 11.0. The van der Waals surface area contributed by atoms with Gasteiger partial charge >= 0.3 is 6.18 Å². The van der Waals surface area contributed by atoms with Gasteiger partial charge in [-0.05, 0) is 44.2 Å². The normalized spacial score (nSPS) is 22.2. The number of aryl methyl sites for hydroxylation is 1. The lowest BCUT2D eigenvalue weighted by molar-refractivity contribution is -0.183. The summed E-state index contributed by atoms with van der Waals surface area (Å²) >= 11 is 0. The Morgan fingerprint density at radius 2 is 2.02 bits per heavy atom. The van der Waals surface area contributed by atoms with Gasteiger partial charge in [0.1, 0.15) is 5.69 Å². The summed E-state index contributed by atoms with van der Waals surface area (Å²) in [4.78, 5) is 30.2. The number of halogens is 5. The van der Waals surface area contributed by atoms with Crippen molar-refractivity contribution in [1.29, 1.82) is 0 Å². The Labute approximate surface area is 237 Å². The predicted octanol–water partition coefficient (Wildman–Crippen LogP) is 3.59. The van der Waals surface area contributed by atoms with Crippen molar-refractivity contribution in [3.63, 3.8) is 0 Å². The van der Waals surface area contributed by atoms with Gasteiger partial charge in [0.05, 0.1) is 36.2 Å². The van der Waals surface area contributed by atoms with Crippen LogP contribution >= 0.6 is 0 Å². The summed E-state index contributed by atoms with van der Waals surface area (Å²) in [6, 6.07) is 2.34. The van der Waals surface area contributed by atoms with E-state index < -0.39 is 61.4 Å². The fourth-order valence-corrected chi connectivity index (χ4v) is 5.86. The van der Waals surface area contributed by atoms with E-state index in [0.717, 1.165) is 0 Å². The first-order valence-corrected chi connectivity index (χ1v) is 13.9. The lowest BCUT2D eigenvalue weighted by Crippen LogP contribution is -2.47. The molecule has 0 bridgehead atoms. The third-order valence-corrected chi connectivity index (χ3v) is 8.26. The largest absolute Gasteiger partial charge is 0.393 e. The van der Waals surface area contributed by atoms with Crippen LogP contribution in [0.3, 0.4) is 0 Å². The third-order valence-electron chi connectivity index (χ3n) is 8.26. The maximum Gasteiger partial charge on any atom is 0.393 e. The van der Waals surface area contributed by atoms with Crippen molar-refractivity contribution in [1.82, 2.24) is 35.0 Å². The molecule has 228 valence electrons. The van der Waals surface area contributed by atoms with Gasteiger partial charge in [-0.15, -0.1) is 0 Å². The number of nitrogens with one attached hydrogen (secondary N) is 2. The minimum atomic E-state index is -4.46. The van der Waals surface area contributed by atoms with Gasteiger partial charge in [0.2, 0.25) is 11.8 Å². The topological polar surface area (TPSA) is 126 Å². The van der Waals surface area contributed by atoms with Crippen LogP contribution in [0.1, 0.15) is 72.5 Å². The molecule has 1 unspecified atom stereocenters. The van der Waals surface area contributed by atoms with E-state index in [1.807, 2.05) is 6.92 Å². The summed E-state index contributed by atoms with van der Waals surface area (Å²) in [6.07, 6.45) is -2.32. The summed E-state index contributed by atoms with van der Waals surface area (Å²) < 4.78 is 70.9. The Hall–Kier alpha value is -3.62. The van der Waals surface area contributed by atoms with Crippen LogP contribution < -0.4 is 10.6 Å². The van der Waals surface area contributed by atoms with Crippen molar-refractivity contribution in [2.24, 2.45) is 17.8 Å². The van der Waals surface area contributed by atoms with Gasteiger partial charge in [-0.2, -0.15) is 23.4 Å². The maximum atomic E-state index is 14.0. The van der Waals surface area contributed by atoms with Crippen LogP contribution in [0.15, 0.2) is 24.5 Å². The first-order chi connectivity index (χ1) is 19.9. The van der Waals surface area contributed by atoms with Gasteiger partial charge in [0.15, 0.2) is 5.65 Å². The molecule has 3 aromatic rings. The molecule has 15 heteroatoms. The van der Waals surface area contributed by atoms with Crippen molar-refractivity contribution in [2.75, 3.05) is 6.54 Å². The number of amides is 2. The molecule has 42 heavy (non-hydrogen) atoms. The third kappa shape index (κ3) is 6.25. The fourth-order valence-electron chi connectivity index (χ4n) is 5.86. The molecule has 0 spiro atoms. The number of aromatic nitrogens is 5. The number of alkyl halides is 5. The Morgan fingerprint density at radius 1 is 1.29 bits per heavy atom. The number of aliphatic hydroxyl groups excluding tert-OH is 1. The minimum absolute atomic E-state index is 0.128. The molecule has 1 saturated heterocycles. The Balaban J connectivity index is 1.45. The van der Waals surface area contributed by atoms with E-state index >= 15 is 0 Å². The van der Waals surface area contributed by atoms with Crippen LogP contribution in [-0.2, 0) is 24.4 Å². The number of hydrogen-bond acceptors (Lipinski definition) is 6. The maximum absolute atomic E-state index is 14.0. The minimum Gasteiger partial charge on any atom is -0.392 e. The quantitative estimate of drug-likeness (QED) is 0.341. The zero-order valence-electron chi connectivity index (χ0n) is 22.9. The molecule has 3 aromatic heterocycles. The van der Waals surface area contributed by atoms with Gasteiger partial charge < -0.3 is 15.7 Å². The number of nitrogens with zero attached hydrogens (tertiary/aromatic N) is 5. The van der Waals surface area contributed by atoms with Gasteiger partial charge in [0, 0.05) is 50.0 Å². The van der Waals surface area contributed by atoms with Gasteiger partial charge in [-0.25, -0.2) is 18.3 Å². The number of rotatable bonds is 8. The SMILES string of the molecule is CCn1nccc1C(=O)N[C@H](c1cn2nc(CC3C[C@@H](C(F)(F)F)CNC3=O)c(CO)cc2n1)C1CCC(F)(F)CC1. The van der Waals surface area contributed by atoms with Crippen LogP contribution in [0.25, 0.3) is 5.65 Å². The van der Waals surface area contributed by atoms with Gasteiger partial charge in [-0.1, -0.05) is 0 Å². The number of carbonyl (C=O) groups is 2. The average Bonchev–Trinajstić information content (AvgIpc) is 3.58. The summed E-state index contributed by atoms with van der Waals surface area (Å²) in [7, 11) is 0. The average molecular weight is 598 g/mol. The zero-order chi connectivity index (χ0) is 30.2. The highest BCUT2D eigenvalue weighted by Gasteiger charge is 2.45. The molecule has 1 aliphatic heterocycles. The van der Waals surface area contributed by atoms with Gasteiger partial charge in [-0.3, -0.25) is 14.3 Å². The second-order valence-electron chi connectivity index (χ2n) is 11.0. The Bertz CT molecular complexity index is 1440. The molecule has 2 amide bonds. The van der Waals surface area contributed by atoms with E-state index in [2.05, 4.69) is 25.8 Å². The van der Waals surface area contributed by atoms with E-state index in [4.69, 9.17) is 0 Å². The molecule has 2 aliphatic rings. The van der Waals surface area contributed by atoms with E-state index in [9.17, 15) is 36.6 Å². The van der Waals surface area contributed by atoms with Crippen LogP contribution in [0.5, 0.6) is 0 Å². The van der Waals surface area contributed by atoms with Crippen molar-refractivity contribution in [3.8, 4) is 0 Å². The molecular formula is C27H32F5N7O3. The van der Waals surface area contributed by atoms with Crippen molar-refractivity contribution >= 4 is 17.5 Å². The zero-order valence-corrected chi connectivity index (χ0v) is 22.9. The molecule has 1 saturated carbocycles. The fraction of sp³-hybridized carbons (Fsp3) is 0.593. The van der Waals surface area contributed by atoms with Crippen molar-refractivity contribution in [3.05, 3.63) is 47.2 Å². The Morgan fingerprint density at radius 3 is 2.69 bits per heavy atom. The smallest absolute Gasteiger partial charge is 0.392 e. The standard InChI is InChI=1S/C27H32F5N7O3/c1-2-38-21(5-8-34-38)25(42)36-23(15-3-6-26(28,29)7-4-15)20-13-39-22(35-20)11-17(14-40)19(37-39)10-16-9-18(27(30,31)32)12-33-24(16)41/h5,8,11,13,15-16,18,23,40H,2-4,6-7,9-10,12,14H2,1H3,(H,33,41)(H,36,42)/t16?,18-,23+/m1/s1. The monoisotopic (exact) mass is 597 g/mol. The highest BCUT2D eigenvalue weighted by Crippen LogP contribution is 2.41. The highest BCUT2D eigenvalue weighted by atomic mass is 19.4. The van der Waals surface area contributed by atoms with E-state index in [1.165, 1.54) is 27.7 Å². The molecule has 10 nitrogen and oxygen atoms in total. The van der Waals surface area contributed by atoms with Crippen LogP contribution in [-0.4, -0.2) is 59.9 Å². The molecular weight excluding hydrogens is 565 g/mol. The molecule has 0 aromatic carbocycles. The van der Waals surface area contributed by atoms with Crippen LogP contribution in [0, 0.1) is 17.8 Å². The first kappa shape index (κ1) is 29.9. The number of fused-ring (bicyclic) bond motifs is 1. The highest BCUT2D eigenvalue weighted by molar-refractivity contribution is 5.92. The number of hydrogen-bond donors (Lipinski definition) is 3. The van der Waals surface area contributed by atoms with Crippen molar-refractivity contribution < 1.29 is 36.6 Å². The summed E-state index contributed by atoms with van der Waals surface area (Å²) in [6.45, 7) is 1.30. The van der Waals surface area contributed by atoms with E-state index in [1.54, 1.807) is 6.07 Å². The van der Waals surface area contributed by atoms with E-state index in [-0.39, 0.29) is 49.4 Å². The summed E-state index contributed by atoms with van der Waals surface area (Å²) in [5.74, 6) is -6.77. The second kappa shape index (κ2) is 11.6.